The van der Waals surface area contributed by atoms with E-state index in [0.717, 1.165) is 30.0 Å². The van der Waals surface area contributed by atoms with Crippen LogP contribution in [0.3, 0.4) is 0 Å². The summed E-state index contributed by atoms with van der Waals surface area (Å²) in [6, 6.07) is 7.31. The molecule has 2 aromatic rings. The average Bonchev–Trinajstić information content (AvgIpc) is 2.71. The summed E-state index contributed by atoms with van der Waals surface area (Å²) in [6.45, 7) is 8.90. The average molecular weight is 275 g/mol. The SMILES string of the molecule is Cc1cc(C(C)NCCc2ccc(F)cc2C)c(C)o1. The first-order valence-corrected chi connectivity index (χ1v) is 7.02. The fourth-order valence-corrected chi connectivity index (χ4v) is 2.55. The van der Waals surface area contributed by atoms with E-state index >= 15 is 0 Å². The van der Waals surface area contributed by atoms with Crippen LogP contribution in [0.1, 0.15) is 41.2 Å². The molecule has 0 saturated heterocycles. The van der Waals surface area contributed by atoms with Crippen molar-refractivity contribution in [2.45, 2.75) is 40.2 Å². The van der Waals surface area contributed by atoms with Crippen molar-refractivity contribution in [1.82, 2.24) is 5.32 Å². The van der Waals surface area contributed by atoms with Crippen LogP contribution in [0.4, 0.5) is 4.39 Å². The minimum atomic E-state index is -0.169. The Hall–Kier alpha value is -1.61. The molecule has 2 rings (SSSR count). The molecule has 1 atom stereocenters. The maximum absolute atomic E-state index is 13.0. The van der Waals surface area contributed by atoms with Crippen LogP contribution in [0.15, 0.2) is 28.7 Å². The largest absolute Gasteiger partial charge is 0.466 e. The summed E-state index contributed by atoms with van der Waals surface area (Å²) in [7, 11) is 0. The van der Waals surface area contributed by atoms with Crippen LogP contribution in [-0.4, -0.2) is 6.54 Å². The van der Waals surface area contributed by atoms with Crippen molar-refractivity contribution in [2.75, 3.05) is 6.54 Å². The van der Waals surface area contributed by atoms with Gasteiger partial charge < -0.3 is 9.73 Å². The van der Waals surface area contributed by atoms with Gasteiger partial charge in [0, 0.05) is 11.6 Å². The van der Waals surface area contributed by atoms with E-state index in [0.29, 0.717) is 0 Å². The Balaban J connectivity index is 1.91. The van der Waals surface area contributed by atoms with Crippen LogP contribution in [0.2, 0.25) is 0 Å². The van der Waals surface area contributed by atoms with Gasteiger partial charge in [-0.3, -0.25) is 0 Å². The number of aryl methyl sites for hydroxylation is 3. The molecule has 3 heteroatoms. The standard InChI is InChI=1S/C17H22FNO/c1-11-9-16(18)6-5-15(11)7-8-19-13(3)17-10-12(2)20-14(17)4/h5-6,9-10,13,19H,7-8H2,1-4H3. The maximum atomic E-state index is 13.0. The number of halogens is 1. The zero-order valence-electron chi connectivity index (χ0n) is 12.6. The lowest BCUT2D eigenvalue weighted by molar-refractivity contribution is 0.490. The van der Waals surface area contributed by atoms with E-state index in [-0.39, 0.29) is 11.9 Å². The first-order chi connectivity index (χ1) is 9.47. The maximum Gasteiger partial charge on any atom is 0.123 e. The van der Waals surface area contributed by atoms with Crippen molar-refractivity contribution in [3.05, 3.63) is 58.3 Å². The van der Waals surface area contributed by atoms with Gasteiger partial charge in [0.2, 0.25) is 0 Å². The Bertz CT molecular complexity index is 589. The summed E-state index contributed by atoms with van der Waals surface area (Å²) in [5, 5.41) is 3.49. The highest BCUT2D eigenvalue weighted by atomic mass is 19.1. The van der Waals surface area contributed by atoms with Gasteiger partial charge in [0.1, 0.15) is 17.3 Å². The first-order valence-electron chi connectivity index (χ1n) is 7.02. The molecule has 1 N–H and O–H groups in total. The molecular weight excluding hydrogens is 253 g/mol. The zero-order chi connectivity index (χ0) is 14.7. The second-order valence-electron chi connectivity index (χ2n) is 5.37. The molecule has 0 aliphatic rings. The lowest BCUT2D eigenvalue weighted by Crippen LogP contribution is -2.21. The summed E-state index contributed by atoms with van der Waals surface area (Å²) in [5.41, 5.74) is 3.40. The molecule has 0 fully saturated rings. The highest BCUT2D eigenvalue weighted by Crippen LogP contribution is 2.21. The summed E-state index contributed by atoms with van der Waals surface area (Å²) < 4.78 is 18.6. The van der Waals surface area contributed by atoms with Crippen LogP contribution in [0, 0.1) is 26.6 Å². The molecule has 0 bridgehead atoms. The van der Waals surface area contributed by atoms with E-state index in [2.05, 4.69) is 18.3 Å². The molecule has 2 nitrogen and oxygen atoms in total. The van der Waals surface area contributed by atoms with E-state index < -0.39 is 0 Å². The monoisotopic (exact) mass is 275 g/mol. The van der Waals surface area contributed by atoms with Gasteiger partial charge in [0.15, 0.2) is 0 Å². The quantitative estimate of drug-likeness (QED) is 0.883. The zero-order valence-corrected chi connectivity index (χ0v) is 12.6. The van der Waals surface area contributed by atoms with E-state index in [1.165, 1.54) is 17.2 Å². The molecule has 0 amide bonds. The number of nitrogens with one attached hydrogen (secondary N) is 1. The van der Waals surface area contributed by atoms with E-state index in [4.69, 9.17) is 4.42 Å². The van der Waals surface area contributed by atoms with Crippen molar-refractivity contribution in [3.63, 3.8) is 0 Å². The van der Waals surface area contributed by atoms with Crippen molar-refractivity contribution in [1.29, 1.82) is 0 Å². The normalized spacial score (nSPS) is 12.7. The Labute approximate surface area is 120 Å². The lowest BCUT2D eigenvalue weighted by atomic mass is 10.0. The number of rotatable bonds is 5. The second kappa shape index (κ2) is 6.23. The number of hydrogen-bond donors (Lipinski definition) is 1. The van der Waals surface area contributed by atoms with Gasteiger partial charge in [-0.05, 0) is 70.0 Å². The smallest absolute Gasteiger partial charge is 0.123 e. The molecule has 0 aliphatic heterocycles. The van der Waals surface area contributed by atoms with Gasteiger partial charge in [-0.2, -0.15) is 0 Å². The molecule has 20 heavy (non-hydrogen) atoms. The summed E-state index contributed by atoms with van der Waals surface area (Å²) >= 11 is 0. The van der Waals surface area contributed by atoms with Crippen LogP contribution in [0.25, 0.3) is 0 Å². The minimum Gasteiger partial charge on any atom is -0.466 e. The van der Waals surface area contributed by atoms with Gasteiger partial charge in [-0.15, -0.1) is 0 Å². The van der Waals surface area contributed by atoms with Gasteiger partial charge in [0.25, 0.3) is 0 Å². The molecule has 0 saturated carbocycles. The van der Waals surface area contributed by atoms with Gasteiger partial charge in [0.05, 0.1) is 0 Å². The number of furan rings is 1. The molecule has 0 aliphatic carbocycles. The molecule has 1 heterocycles. The highest BCUT2D eigenvalue weighted by Gasteiger charge is 2.12. The third kappa shape index (κ3) is 3.48. The summed E-state index contributed by atoms with van der Waals surface area (Å²) in [5.74, 6) is 1.75. The van der Waals surface area contributed by atoms with E-state index in [1.807, 2.05) is 26.8 Å². The predicted octanol–water partition coefficient (Wildman–Crippen LogP) is 4.24. The van der Waals surface area contributed by atoms with Crippen molar-refractivity contribution >= 4 is 0 Å². The van der Waals surface area contributed by atoms with Crippen LogP contribution in [0.5, 0.6) is 0 Å². The van der Waals surface area contributed by atoms with Gasteiger partial charge >= 0.3 is 0 Å². The fourth-order valence-electron chi connectivity index (χ4n) is 2.55. The van der Waals surface area contributed by atoms with Gasteiger partial charge in [-0.1, -0.05) is 6.07 Å². The van der Waals surface area contributed by atoms with E-state index in [9.17, 15) is 4.39 Å². The third-order valence-corrected chi connectivity index (χ3v) is 3.70. The molecule has 1 aromatic heterocycles. The van der Waals surface area contributed by atoms with Crippen molar-refractivity contribution in [3.8, 4) is 0 Å². The van der Waals surface area contributed by atoms with Crippen LogP contribution in [-0.2, 0) is 6.42 Å². The van der Waals surface area contributed by atoms with Crippen molar-refractivity contribution < 1.29 is 8.81 Å². The highest BCUT2D eigenvalue weighted by molar-refractivity contribution is 5.27. The predicted molar refractivity (Wildman–Crippen MR) is 79.4 cm³/mol. The van der Waals surface area contributed by atoms with Gasteiger partial charge in [-0.25, -0.2) is 4.39 Å². The molecule has 1 unspecified atom stereocenters. The second-order valence-corrected chi connectivity index (χ2v) is 5.37. The summed E-state index contributed by atoms with van der Waals surface area (Å²) in [6.07, 6.45) is 0.895. The Morgan fingerprint density at radius 1 is 1.20 bits per heavy atom. The first kappa shape index (κ1) is 14.8. The lowest BCUT2D eigenvalue weighted by Gasteiger charge is -2.14. The topological polar surface area (TPSA) is 25.2 Å². The van der Waals surface area contributed by atoms with Crippen molar-refractivity contribution in [2.24, 2.45) is 0 Å². The summed E-state index contributed by atoms with van der Waals surface area (Å²) in [4.78, 5) is 0. The molecule has 0 spiro atoms. The fraction of sp³-hybridized carbons (Fsp3) is 0.412. The molecular formula is C17H22FNO. The van der Waals surface area contributed by atoms with Crippen LogP contribution < -0.4 is 5.32 Å². The van der Waals surface area contributed by atoms with E-state index in [1.54, 1.807) is 6.07 Å². The minimum absolute atomic E-state index is 0.169. The number of hydrogen-bond acceptors (Lipinski definition) is 2. The molecule has 108 valence electrons. The van der Waals surface area contributed by atoms with Crippen LogP contribution >= 0.6 is 0 Å². The Kier molecular flexibility index (Phi) is 4.61. The Morgan fingerprint density at radius 3 is 2.55 bits per heavy atom. The Morgan fingerprint density at radius 2 is 1.95 bits per heavy atom. The number of benzene rings is 1. The molecule has 1 aromatic carbocycles. The molecule has 0 radical (unpaired) electrons. The third-order valence-electron chi connectivity index (χ3n) is 3.70.